The first-order valence-electron chi connectivity index (χ1n) is 17.8. The predicted octanol–water partition coefficient (Wildman–Crippen LogP) is 3.35. The number of aromatic nitrogens is 2. The summed E-state index contributed by atoms with van der Waals surface area (Å²) in [5, 5.41) is 23.5. The standard InChI is InChI=1S/C39H44N8O5/c1-23-18-27(8-7-25(23)20-40)52-37-38(2,3)36(39(37,4)5)42-33(49)29-10-12-31(44-43-29)46-16-14-45(15-17-46)21-24-6-9-28-26(19-24)22-47(35(28)51)30-11-13-32(48)41-34(30)50/h6-10,12,18-19,30,36-37H,11,13-17,21-22H2,1-5H3,(H,42,49)(H,41,48,50)/t30?,36-,37-. The molecule has 4 aliphatic rings. The first-order chi connectivity index (χ1) is 24.8. The van der Waals surface area contributed by atoms with Crippen molar-refractivity contribution < 1.29 is 23.9 Å². The molecule has 3 aliphatic heterocycles. The van der Waals surface area contributed by atoms with E-state index >= 15 is 0 Å². The summed E-state index contributed by atoms with van der Waals surface area (Å²) in [6.07, 6.45) is 0.417. The number of nitrogens with one attached hydrogen (secondary N) is 2. The van der Waals surface area contributed by atoms with Crippen LogP contribution < -0.4 is 20.3 Å². The van der Waals surface area contributed by atoms with Gasteiger partial charge in [0.25, 0.3) is 11.8 Å². The number of nitriles is 1. The molecule has 52 heavy (non-hydrogen) atoms. The normalized spacial score (nSPS) is 23.7. The number of piperidine rings is 1. The Morgan fingerprint density at radius 1 is 1.00 bits per heavy atom. The molecule has 13 nitrogen and oxygen atoms in total. The highest BCUT2D eigenvalue weighted by Gasteiger charge is 2.64. The zero-order valence-corrected chi connectivity index (χ0v) is 30.2. The number of hydrogen-bond donors (Lipinski definition) is 2. The molecule has 1 saturated carbocycles. The molecule has 0 radical (unpaired) electrons. The molecule has 0 bridgehead atoms. The van der Waals surface area contributed by atoms with Crippen LogP contribution in [0.1, 0.15) is 83.6 Å². The lowest BCUT2D eigenvalue weighted by Crippen LogP contribution is -2.74. The van der Waals surface area contributed by atoms with Gasteiger partial charge in [-0.2, -0.15) is 5.26 Å². The van der Waals surface area contributed by atoms with Gasteiger partial charge in [0.05, 0.1) is 11.6 Å². The second kappa shape index (κ2) is 13.3. The largest absolute Gasteiger partial charge is 0.489 e. The number of anilines is 1. The van der Waals surface area contributed by atoms with Crippen LogP contribution in [0.15, 0.2) is 48.5 Å². The molecule has 13 heteroatoms. The van der Waals surface area contributed by atoms with E-state index in [1.807, 2.05) is 37.3 Å². The van der Waals surface area contributed by atoms with Gasteiger partial charge in [-0.15, -0.1) is 10.2 Å². The smallest absolute Gasteiger partial charge is 0.272 e. The molecule has 4 heterocycles. The van der Waals surface area contributed by atoms with Crippen molar-refractivity contribution in [1.82, 2.24) is 30.6 Å². The molecule has 4 amide bonds. The third-order valence-electron chi connectivity index (χ3n) is 11.3. The molecule has 2 saturated heterocycles. The minimum absolute atomic E-state index is 0.160. The fraction of sp³-hybridized carbons (Fsp3) is 0.462. The van der Waals surface area contributed by atoms with Crippen LogP contribution in [-0.2, 0) is 22.7 Å². The van der Waals surface area contributed by atoms with E-state index < -0.39 is 11.9 Å². The summed E-state index contributed by atoms with van der Waals surface area (Å²) in [5.41, 5.74) is 3.63. The number of carbonyl (C=O) groups is 4. The molecule has 270 valence electrons. The van der Waals surface area contributed by atoms with Crippen molar-refractivity contribution >= 4 is 29.4 Å². The van der Waals surface area contributed by atoms with Crippen molar-refractivity contribution in [3.05, 3.63) is 82.0 Å². The molecule has 1 aliphatic carbocycles. The van der Waals surface area contributed by atoms with E-state index in [9.17, 15) is 24.4 Å². The van der Waals surface area contributed by atoms with Gasteiger partial charge in [-0.05, 0) is 66.4 Å². The van der Waals surface area contributed by atoms with E-state index in [1.54, 1.807) is 17.0 Å². The van der Waals surface area contributed by atoms with Crippen molar-refractivity contribution in [3.63, 3.8) is 0 Å². The van der Waals surface area contributed by atoms with E-state index in [2.05, 4.69) is 70.5 Å². The maximum Gasteiger partial charge on any atom is 0.272 e. The van der Waals surface area contributed by atoms with Crippen LogP contribution in [0.5, 0.6) is 5.75 Å². The average molecular weight is 705 g/mol. The number of rotatable bonds is 8. The Labute approximate surface area is 303 Å². The number of amides is 4. The van der Waals surface area contributed by atoms with Gasteiger partial charge in [0.15, 0.2) is 11.5 Å². The zero-order valence-electron chi connectivity index (χ0n) is 30.2. The molecule has 3 aromatic rings. The van der Waals surface area contributed by atoms with Crippen LogP contribution in [0.2, 0.25) is 0 Å². The van der Waals surface area contributed by atoms with E-state index in [0.29, 0.717) is 29.8 Å². The number of carbonyl (C=O) groups excluding carboxylic acids is 4. The van der Waals surface area contributed by atoms with Gasteiger partial charge in [-0.1, -0.05) is 39.8 Å². The number of nitrogens with zero attached hydrogens (tertiary/aromatic N) is 6. The SMILES string of the molecule is Cc1cc(O[C@H]2C(C)(C)[C@H](NC(=O)c3ccc(N4CCN(Cc5ccc6c(c5)CN(C5CCC(=O)NC5=O)C6=O)CC4)nn3)C2(C)C)ccc1C#N. The Morgan fingerprint density at radius 2 is 1.75 bits per heavy atom. The maximum atomic E-state index is 13.4. The number of aryl methyl sites for hydroxylation is 1. The first-order valence-corrected chi connectivity index (χ1v) is 17.8. The lowest BCUT2D eigenvalue weighted by Gasteiger charge is -2.63. The lowest BCUT2D eigenvalue weighted by molar-refractivity contribution is -0.164. The van der Waals surface area contributed by atoms with Crippen LogP contribution in [-0.4, -0.2) is 88.0 Å². The Bertz CT molecular complexity index is 1960. The topological polar surface area (TPSA) is 161 Å². The highest BCUT2D eigenvalue weighted by molar-refractivity contribution is 6.05. The molecule has 2 N–H and O–H groups in total. The second-order valence-electron chi connectivity index (χ2n) is 15.6. The summed E-state index contributed by atoms with van der Waals surface area (Å²) in [6, 6.07) is 16.3. The van der Waals surface area contributed by atoms with Crippen LogP contribution in [0.4, 0.5) is 5.82 Å². The summed E-state index contributed by atoms with van der Waals surface area (Å²) in [5.74, 6) is 0.275. The van der Waals surface area contributed by atoms with Crippen LogP contribution >= 0.6 is 0 Å². The molecule has 0 spiro atoms. The Balaban J connectivity index is 0.907. The Morgan fingerprint density at radius 3 is 2.40 bits per heavy atom. The van der Waals surface area contributed by atoms with E-state index in [1.165, 1.54) is 0 Å². The fourth-order valence-electron chi connectivity index (χ4n) is 8.71. The van der Waals surface area contributed by atoms with Gasteiger partial charge in [0.1, 0.15) is 17.9 Å². The molecule has 1 aromatic heterocycles. The van der Waals surface area contributed by atoms with Crippen molar-refractivity contribution in [2.45, 2.75) is 78.7 Å². The maximum absolute atomic E-state index is 13.4. The molecule has 2 aromatic carbocycles. The number of imide groups is 1. The monoisotopic (exact) mass is 704 g/mol. The lowest BCUT2D eigenvalue weighted by atomic mass is 9.49. The molecule has 7 rings (SSSR count). The van der Waals surface area contributed by atoms with Crippen molar-refractivity contribution in [2.75, 3.05) is 31.1 Å². The minimum atomic E-state index is -0.623. The van der Waals surface area contributed by atoms with E-state index in [0.717, 1.165) is 55.2 Å². The van der Waals surface area contributed by atoms with Crippen molar-refractivity contribution in [2.24, 2.45) is 10.8 Å². The van der Waals surface area contributed by atoms with Crippen molar-refractivity contribution in [3.8, 4) is 11.8 Å². The number of hydrogen-bond acceptors (Lipinski definition) is 10. The highest BCUT2D eigenvalue weighted by atomic mass is 16.5. The van der Waals surface area contributed by atoms with Gasteiger partial charge in [-0.25, -0.2) is 0 Å². The molecule has 3 fully saturated rings. The highest BCUT2D eigenvalue weighted by Crippen LogP contribution is 2.55. The summed E-state index contributed by atoms with van der Waals surface area (Å²) in [6.45, 7) is 14.4. The van der Waals surface area contributed by atoms with Gasteiger partial charge in [0.2, 0.25) is 11.8 Å². The van der Waals surface area contributed by atoms with Crippen LogP contribution in [0.3, 0.4) is 0 Å². The number of benzene rings is 2. The minimum Gasteiger partial charge on any atom is -0.489 e. The number of fused-ring (bicyclic) bond motifs is 1. The quantitative estimate of drug-likeness (QED) is 0.333. The van der Waals surface area contributed by atoms with Crippen LogP contribution in [0, 0.1) is 29.1 Å². The zero-order chi connectivity index (χ0) is 36.9. The molecule has 1 atom stereocenters. The van der Waals surface area contributed by atoms with Gasteiger partial charge < -0.3 is 19.9 Å². The third-order valence-corrected chi connectivity index (χ3v) is 11.3. The third kappa shape index (κ3) is 6.36. The summed E-state index contributed by atoms with van der Waals surface area (Å²) in [4.78, 5) is 56.5. The molecular weight excluding hydrogens is 660 g/mol. The molecule has 1 unspecified atom stereocenters. The molecular formula is C39H44N8O5. The Kier molecular flexibility index (Phi) is 8.99. The Hall–Kier alpha value is -5.35. The van der Waals surface area contributed by atoms with Crippen molar-refractivity contribution in [1.29, 1.82) is 5.26 Å². The van der Waals surface area contributed by atoms with Gasteiger partial charge >= 0.3 is 0 Å². The van der Waals surface area contributed by atoms with Gasteiger partial charge in [-0.3, -0.25) is 29.4 Å². The number of piperazine rings is 1. The van der Waals surface area contributed by atoms with E-state index in [-0.39, 0.29) is 52.8 Å². The second-order valence-corrected chi connectivity index (χ2v) is 15.6. The number of ether oxygens (including phenoxy) is 1. The van der Waals surface area contributed by atoms with Gasteiger partial charge in [0, 0.05) is 68.1 Å². The fourth-order valence-corrected chi connectivity index (χ4v) is 8.71. The average Bonchev–Trinajstić information content (AvgIpc) is 3.44. The summed E-state index contributed by atoms with van der Waals surface area (Å²) in [7, 11) is 0. The first kappa shape index (κ1) is 35.1. The summed E-state index contributed by atoms with van der Waals surface area (Å²) < 4.78 is 6.42. The van der Waals surface area contributed by atoms with E-state index in [4.69, 9.17) is 4.74 Å². The summed E-state index contributed by atoms with van der Waals surface area (Å²) >= 11 is 0. The van der Waals surface area contributed by atoms with Crippen LogP contribution in [0.25, 0.3) is 0 Å². The predicted molar refractivity (Wildman–Crippen MR) is 191 cm³/mol.